The molecule has 0 aromatic heterocycles. The van der Waals surface area contributed by atoms with Crippen LogP contribution in [0.25, 0.3) is 0 Å². The van der Waals surface area contributed by atoms with Crippen LogP contribution in [0.3, 0.4) is 0 Å². The van der Waals surface area contributed by atoms with Gasteiger partial charge in [0.05, 0.1) is 13.1 Å². The lowest BCUT2D eigenvalue weighted by molar-refractivity contribution is -0.122. The molecule has 0 radical (unpaired) electrons. The van der Waals surface area contributed by atoms with Gasteiger partial charge < -0.3 is 16.0 Å². The molecule has 1 aliphatic heterocycles. The largest absolute Gasteiger partial charge is 0.357 e. The molecule has 9 heteroatoms. The molecule has 0 unspecified atom stereocenters. The second-order valence-electron chi connectivity index (χ2n) is 6.98. The molecule has 1 aromatic carbocycles. The first-order chi connectivity index (χ1) is 13.5. The van der Waals surface area contributed by atoms with Crippen LogP contribution in [0.4, 0.5) is 8.78 Å². The fraction of sp³-hybridized carbons (Fsp3) is 0.600. The summed E-state index contributed by atoms with van der Waals surface area (Å²) < 4.78 is 27.1. The molecule has 164 valence electrons. The lowest BCUT2D eigenvalue weighted by Gasteiger charge is -2.32. The number of carbonyl (C=O) groups is 1. The topological polar surface area (TPSA) is 68.8 Å². The molecule has 0 spiro atoms. The monoisotopic (exact) mass is 523 g/mol. The van der Waals surface area contributed by atoms with Crippen LogP contribution in [0.2, 0.25) is 0 Å². The standard InChI is InChI=1S/C20H31F2N5O.HI/c1-3-9-24-19(28)14-27-10-7-17(8-11-27)26-20(23-4-2)25-13-15-12-16(21)5-6-18(15)22;/h5-6,12,17H,3-4,7-11,13-14H2,1-2H3,(H,24,28)(H2,23,25,26);1H. The first kappa shape index (κ1) is 25.5. The maximum absolute atomic E-state index is 13.8. The predicted molar refractivity (Wildman–Crippen MR) is 122 cm³/mol. The van der Waals surface area contributed by atoms with Crippen LogP contribution in [0, 0.1) is 11.6 Å². The van der Waals surface area contributed by atoms with E-state index in [1.807, 2.05) is 13.8 Å². The Labute approximate surface area is 188 Å². The summed E-state index contributed by atoms with van der Waals surface area (Å²) >= 11 is 0. The van der Waals surface area contributed by atoms with Crippen LogP contribution in [0.5, 0.6) is 0 Å². The van der Waals surface area contributed by atoms with Crippen LogP contribution in [-0.2, 0) is 11.3 Å². The van der Waals surface area contributed by atoms with Crippen molar-refractivity contribution in [2.24, 2.45) is 4.99 Å². The fourth-order valence-corrected chi connectivity index (χ4v) is 3.10. The Morgan fingerprint density at radius 2 is 1.93 bits per heavy atom. The summed E-state index contributed by atoms with van der Waals surface area (Å²) in [5, 5.41) is 9.41. The van der Waals surface area contributed by atoms with Crippen LogP contribution >= 0.6 is 24.0 Å². The molecule has 6 nitrogen and oxygen atoms in total. The Hall–Kier alpha value is -1.49. The van der Waals surface area contributed by atoms with Gasteiger partial charge in [0, 0.05) is 37.8 Å². The van der Waals surface area contributed by atoms with Crippen molar-refractivity contribution in [3.05, 3.63) is 35.4 Å². The van der Waals surface area contributed by atoms with Crippen molar-refractivity contribution in [3.63, 3.8) is 0 Å². The number of benzene rings is 1. The van der Waals surface area contributed by atoms with E-state index in [0.29, 0.717) is 25.6 Å². The average Bonchev–Trinajstić information content (AvgIpc) is 2.68. The van der Waals surface area contributed by atoms with Crippen molar-refractivity contribution in [2.75, 3.05) is 32.7 Å². The van der Waals surface area contributed by atoms with E-state index in [1.54, 1.807) is 0 Å². The van der Waals surface area contributed by atoms with Crippen molar-refractivity contribution in [3.8, 4) is 0 Å². The lowest BCUT2D eigenvalue weighted by Crippen LogP contribution is -2.50. The number of piperidine rings is 1. The molecule has 0 atom stereocenters. The SMILES string of the molecule is CCCNC(=O)CN1CCC(NC(=NCc2cc(F)ccc2F)NCC)CC1.I. The molecule has 29 heavy (non-hydrogen) atoms. The Morgan fingerprint density at radius 1 is 1.21 bits per heavy atom. The number of aliphatic imine (C=N–C) groups is 1. The maximum atomic E-state index is 13.8. The van der Waals surface area contributed by atoms with Crippen LogP contribution in [0.1, 0.15) is 38.7 Å². The Kier molecular flexibility index (Phi) is 12.1. The van der Waals surface area contributed by atoms with Gasteiger partial charge in [-0.05, 0) is 44.4 Å². The molecule has 0 aliphatic carbocycles. The van der Waals surface area contributed by atoms with Crippen molar-refractivity contribution in [1.29, 1.82) is 0 Å². The van der Waals surface area contributed by atoms with Crippen molar-refractivity contribution < 1.29 is 13.6 Å². The van der Waals surface area contributed by atoms with Gasteiger partial charge in [0.25, 0.3) is 0 Å². The average molecular weight is 523 g/mol. The number of halogens is 3. The minimum absolute atomic E-state index is 0. The quantitative estimate of drug-likeness (QED) is 0.279. The van der Waals surface area contributed by atoms with E-state index in [0.717, 1.165) is 44.5 Å². The highest BCUT2D eigenvalue weighted by atomic mass is 127. The van der Waals surface area contributed by atoms with Gasteiger partial charge in [0.15, 0.2) is 5.96 Å². The molecule has 1 aromatic rings. The summed E-state index contributed by atoms with van der Waals surface area (Å²) in [6.45, 7) is 7.53. The Morgan fingerprint density at radius 3 is 2.59 bits per heavy atom. The maximum Gasteiger partial charge on any atom is 0.234 e. The number of amides is 1. The van der Waals surface area contributed by atoms with Gasteiger partial charge in [-0.15, -0.1) is 24.0 Å². The molecular weight excluding hydrogens is 491 g/mol. The number of likely N-dealkylation sites (tertiary alicyclic amines) is 1. The number of hydrogen-bond donors (Lipinski definition) is 3. The van der Waals surface area contributed by atoms with Gasteiger partial charge in [-0.3, -0.25) is 9.69 Å². The smallest absolute Gasteiger partial charge is 0.234 e. The van der Waals surface area contributed by atoms with Crippen molar-refractivity contribution in [2.45, 2.75) is 45.7 Å². The van der Waals surface area contributed by atoms with Gasteiger partial charge in [-0.25, -0.2) is 13.8 Å². The van der Waals surface area contributed by atoms with Gasteiger partial charge in [-0.2, -0.15) is 0 Å². The summed E-state index contributed by atoms with van der Waals surface area (Å²) in [7, 11) is 0. The highest BCUT2D eigenvalue weighted by Crippen LogP contribution is 2.12. The molecule has 0 saturated carbocycles. The normalized spacial score (nSPS) is 15.5. The number of nitrogens with one attached hydrogen (secondary N) is 3. The zero-order valence-electron chi connectivity index (χ0n) is 17.1. The molecule has 1 aliphatic rings. The van der Waals surface area contributed by atoms with E-state index in [-0.39, 0.29) is 48.0 Å². The Bertz CT molecular complexity index is 666. The highest BCUT2D eigenvalue weighted by Gasteiger charge is 2.21. The van der Waals surface area contributed by atoms with E-state index < -0.39 is 11.6 Å². The van der Waals surface area contributed by atoms with Crippen molar-refractivity contribution in [1.82, 2.24) is 20.9 Å². The lowest BCUT2D eigenvalue weighted by atomic mass is 10.1. The van der Waals surface area contributed by atoms with E-state index >= 15 is 0 Å². The first-order valence-electron chi connectivity index (χ1n) is 9.99. The van der Waals surface area contributed by atoms with Crippen molar-refractivity contribution >= 4 is 35.8 Å². The minimum Gasteiger partial charge on any atom is -0.357 e. The summed E-state index contributed by atoms with van der Waals surface area (Å²) in [5.41, 5.74) is 0.227. The predicted octanol–water partition coefficient (Wildman–Crippen LogP) is 2.63. The minimum atomic E-state index is -0.472. The number of nitrogens with zero attached hydrogens (tertiary/aromatic N) is 2. The molecule has 2 rings (SSSR count). The summed E-state index contributed by atoms with van der Waals surface area (Å²) in [4.78, 5) is 18.4. The summed E-state index contributed by atoms with van der Waals surface area (Å²) in [6.07, 6.45) is 2.71. The van der Waals surface area contributed by atoms with E-state index in [4.69, 9.17) is 0 Å². The second-order valence-corrected chi connectivity index (χ2v) is 6.98. The number of rotatable bonds is 8. The zero-order valence-corrected chi connectivity index (χ0v) is 19.5. The molecule has 3 N–H and O–H groups in total. The highest BCUT2D eigenvalue weighted by molar-refractivity contribution is 14.0. The van der Waals surface area contributed by atoms with Gasteiger partial charge in [-0.1, -0.05) is 6.92 Å². The fourth-order valence-electron chi connectivity index (χ4n) is 3.10. The molecule has 1 heterocycles. The van der Waals surface area contributed by atoms with Crippen LogP contribution in [0.15, 0.2) is 23.2 Å². The van der Waals surface area contributed by atoms with E-state index in [2.05, 4.69) is 25.8 Å². The molecule has 1 fully saturated rings. The van der Waals surface area contributed by atoms with Gasteiger partial charge >= 0.3 is 0 Å². The first-order valence-corrected chi connectivity index (χ1v) is 9.99. The zero-order chi connectivity index (χ0) is 20.4. The molecule has 0 bridgehead atoms. The van der Waals surface area contributed by atoms with E-state index in [9.17, 15) is 13.6 Å². The van der Waals surface area contributed by atoms with E-state index in [1.165, 1.54) is 6.07 Å². The summed E-state index contributed by atoms with van der Waals surface area (Å²) in [5.74, 6) is -0.277. The van der Waals surface area contributed by atoms with Crippen LogP contribution < -0.4 is 16.0 Å². The third-order valence-electron chi connectivity index (χ3n) is 4.63. The van der Waals surface area contributed by atoms with Crippen LogP contribution in [-0.4, -0.2) is 55.5 Å². The molecule has 1 amide bonds. The number of carbonyl (C=O) groups excluding carboxylic acids is 1. The third kappa shape index (κ3) is 9.24. The molecule has 1 saturated heterocycles. The second kappa shape index (κ2) is 13.7. The van der Waals surface area contributed by atoms with Gasteiger partial charge in [0.1, 0.15) is 11.6 Å². The van der Waals surface area contributed by atoms with Gasteiger partial charge in [0.2, 0.25) is 5.91 Å². The number of guanidine groups is 1. The molecular formula is C20H32F2IN5O. The third-order valence-corrected chi connectivity index (χ3v) is 4.63. The Balaban J connectivity index is 0.00000420. The summed E-state index contributed by atoms with van der Waals surface area (Å²) in [6, 6.07) is 3.62. The number of hydrogen-bond acceptors (Lipinski definition) is 3.